The molecular formula is C14H23NO4. The van der Waals surface area contributed by atoms with Crippen molar-refractivity contribution in [1.29, 1.82) is 0 Å². The number of aliphatic hydroxyl groups excluding tert-OH is 1. The molecule has 0 aromatic heterocycles. The van der Waals surface area contributed by atoms with E-state index in [2.05, 4.69) is 6.92 Å². The number of hydrogen-bond acceptors (Lipinski definition) is 4. The highest BCUT2D eigenvalue weighted by molar-refractivity contribution is 6.05. The van der Waals surface area contributed by atoms with Crippen molar-refractivity contribution in [2.45, 2.75) is 38.7 Å². The number of likely N-dealkylation sites (tertiary alicyclic amines) is 1. The second-order valence-corrected chi connectivity index (χ2v) is 5.68. The molecule has 0 spiro atoms. The van der Waals surface area contributed by atoms with Crippen LogP contribution in [0.4, 0.5) is 0 Å². The molecule has 2 amide bonds. The maximum Gasteiger partial charge on any atom is 0.233 e. The van der Waals surface area contributed by atoms with Crippen molar-refractivity contribution >= 4 is 11.8 Å². The lowest BCUT2D eigenvalue weighted by atomic mass is 10.00. The van der Waals surface area contributed by atoms with Gasteiger partial charge < -0.3 is 9.84 Å². The third kappa shape index (κ3) is 2.82. The number of methoxy groups -OCH3 is 1. The van der Waals surface area contributed by atoms with Crippen molar-refractivity contribution in [1.82, 2.24) is 4.90 Å². The number of imide groups is 1. The molecule has 2 rings (SSSR count). The minimum atomic E-state index is -0.616. The number of amides is 2. The molecule has 1 saturated carbocycles. The van der Waals surface area contributed by atoms with Crippen molar-refractivity contribution in [2.75, 3.05) is 20.3 Å². The largest absolute Gasteiger partial charge is 0.391 e. The third-order valence-electron chi connectivity index (χ3n) is 4.45. The second kappa shape index (κ2) is 6.01. The number of fused-ring (bicyclic) bond motifs is 1. The van der Waals surface area contributed by atoms with Crippen LogP contribution in [0.1, 0.15) is 32.6 Å². The number of carbonyl (C=O) groups excluding carboxylic acids is 2. The van der Waals surface area contributed by atoms with Gasteiger partial charge in [0.1, 0.15) is 0 Å². The zero-order valence-electron chi connectivity index (χ0n) is 11.7. The average Bonchev–Trinajstić information content (AvgIpc) is 2.90. The molecule has 1 saturated heterocycles. The molecule has 1 aliphatic carbocycles. The number of hydrogen-bond donors (Lipinski definition) is 1. The van der Waals surface area contributed by atoms with E-state index in [-0.39, 0.29) is 30.3 Å². The molecule has 0 aromatic carbocycles. The van der Waals surface area contributed by atoms with E-state index in [0.717, 1.165) is 19.3 Å². The Labute approximate surface area is 113 Å². The highest BCUT2D eigenvalue weighted by Crippen LogP contribution is 2.44. The molecule has 5 heteroatoms. The number of carbonyl (C=O) groups is 2. The molecule has 0 aromatic rings. The van der Waals surface area contributed by atoms with Gasteiger partial charge >= 0.3 is 0 Å². The standard InChI is InChI=1S/C14H23NO4/c1-3-9-6-11-12(7-9)14(18)15(13(11)17)5-4-10(16)8-19-2/h9-12,16H,3-8H2,1-2H3. The molecule has 2 fully saturated rings. The second-order valence-electron chi connectivity index (χ2n) is 5.68. The zero-order chi connectivity index (χ0) is 14.0. The maximum atomic E-state index is 12.2. The molecule has 1 N–H and O–H groups in total. The summed E-state index contributed by atoms with van der Waals surface area (Å²) in [6, 6.07) is 0. The molecule has 3 atom stereocenters. The monoisotopic (exact) mass is 269 g/mol. The normalized spacial score (nSPS) is 31.9. The summed E-state index contributed by atoms with van der Waals surface area (Å²) in [6.07, 6.45) is 2.52. The SMILES string of the molecule is CCC1CC2C(=O)N(CCC(O)COC)C(=O)C2C1. The highest BCUT2D eigenvalue weighted by atomic mass is 16.5. The topological polar surface area (TPSA) is 66.8 Å². The molecule has 2 aliphatic rings. The molecule has 0 bridgehead atoms. The summed E-state index contributed by atoms with van der Waals surface area (Å²) in [5.74, 6) is 0.254. The van der Waals surface area contributed by atoms with Crippen LogP contribution in [-0.2, 0) is 14.3 Å². The predicted octanol–water partition coefficient (Wildman–Crippen LogP) is 0.805. The van der Waals surface area contributed by atoms with Crippen LogP contribution in [0.3, 0.4) is 0 Å². The predicted molar refractivity (Wildman–Crippen MR) is 69.2 cm³/mol. The Hall–Kier alpha value is -0.940. The van der Waals surface area contributed by atoms with Gasteiger partial charge in [0.25, 0.3) is 0 Å². The average molecular weight is 269 g/mol. The highest BCUT2D eigenvalue weighted by Gasteiger charge is 2.51. The maximum absolute atomic E-state index is 12.2. The minimum absolute atomic E-state index is 0.0319. The molecule has 5 nitrogen and oxygen atoms in total. The fourth-order valence-electron chi connectivity index (χ4n) is 3.31. The number of aliphatic hydroxyl groups is 1. The lowest BCUT2D eigenvalue weighted by Gasteiger charge is -2.19. The van der Waals surface area contributed by atoms with E-state index >= 15 is 0 Å². The van der Waals surface area contributed by atoms with Crippen LogP contribution in [0.15, 0.2) is 0 Å². The summed E-state index contributed by atoms with van der Waals surface area (Å²) in [5, 5.41) is 9.59. The van der Waals surface area contributed by atoms with Crippen molar-refractivity contribution in [3.05, 3.63) is 0 Å². The van der Waals surface area contributed by atoms with E-state index in [9.17, 15) is 14.7 Å². The smallest absolute Gasteiger partial charge is 0.233 e. The Morgan fingerprint density at radius 3 is 2.37 bits per heavy atom. The first-order valence-corrected chi connectivity index (χ1v) is 7.10. The van der Waals surface area contributed by atoms with Gasteiger partial charge in [0.15, 0.2) is 0 Å². The minimum Gasteiger partial charge on any atom is -0.391 e. The summed E-state index contributed by atoms with van der Waals surface area (Å²) in [6.45, 7) is 2.66. The molecular weight excluding hydrogens is 246 g/mol. The van der Waals surface area contributed by atoms with Crippen LogP contribution in [0.5, 0.6) is 0 Å². The van der Waals surface area contributed by atoms with Crippen molar-refractivity contribution < 1.29 is 19.4 Å². The first kappa shape index (κ1) is 14.5. The van der Waals surface area contributed by atoms with E-state index in [1.807, 2.05) is 0 Å². The van der Waals surface area contributed by atoms with Crippen LogP contribution < -0.4 is 0 Å². The quantitative estimate of drug-likeness (QED) is 0.724. The molecule has 3 unspecified atom stereocenters. The number of rotatable bonds is 6. The first-order valence-electron chi connectivity index (χ1n) is 7.10. The van der Waals surface area contributed by atoms with Crippen LogP contribution in [0.25, 0.3) is 0 Å². The van der Waals surface area contributed by atoms with Gasteiger partial charge in [-0.2, -0.15) is 0 Å². The first-order chi connectivity index (χ1) is 9.08. The van der Waals surface area contributed by atoms with Gasteiger partial charge in [-0.05, 0) is 25.2 Å². The summed E-state index contributed by atoms with van der Waals surface area (Å²) in [5.41, 5.74) is 0. The van der Waals surface area contributed by atoms with Crippen molar-refractivity contribution in [3.8, 4) is 0 Å². The van der Waals surface area contributed by atoms with E-state index in [0.29, 0.717) is 18.9 Å². The van der Waals surface area contributed by atoms with Gasteiger partial charge in [0.2, 0.25) is 11.8 Å². The summed E-state index contributed by atoms with van der Waals surface area (Å²) in [7, 11) is 1.52. The van der Waals surface area contributed by atoms with Gasteiger partial charge in [-0.1, -0.05) is 13.3 Å². The van der Waals surface area contributed by atoms with Gasteiger partial charge in [-0.3, -0.25) is 14.5 Å². The summed E-state index contributed by atoms with van der Waals surface area (Å²) < 4.78 is 4.84. The van der Waals surface area contributed by atoms with Crippen LogP contribution in [0.2, 0.25) is 0 Å². The fraction of sp³-hybridized carbons (Fsp3) is 0.857. The third-order valence-corrected chi connectivity index (χ3v) is 4.45. The number of ether oxygens (including phenoxy) is 1. The zero-order valence-corrected chi connectivity index (χ0v) is 11.7. The Balaban J connectivity index is 1.91. The summed E-state index contributed by atoms with van der Waals surface area (Å²) in [4.78, 5) is 25.8. The van der Waals surface area contributed by atoms with Crippen LogP contribution in [0, 0.1) is 17.8 Å². The summed E-state index contributed by atoms with van der Waals surface area (Å²) >= 11 is 0. The van der Waals surface area contributed by atoms with Gasteiger partial charge in [-0.25, -0.2) is 0 Å². The number of nitrogens with zero attached hydrogens (tertiary/aromatic N) is 1. The van der Waals surface area contributed by atoms with Crippen LogP contribution >= 0.6 is 0 Å². The van der Waals surface area contributed by atoms with Gasteiger partial charge in [-0.15, -0.1) is 0 Å². The molecule has 1 aliphatic heterocycles. The van der Waals surface area contributed by atoms with E-state index in [1.165, 1.54) is 12.0 Å². The van der Waals surface area contributed by atoms with Crippen LogP contribution in [-0.4, -0.2) is 48.2 Å². The van der Waals surface area contributed by atoms with E-state index < -0.39 is 6.10 Å². The van der Waals surface area contributed by atoms with Crippen molar-refractivity contribution in [3.63, 3.8) is 0 Å². The van der Waals surface area contributed by atoms with E-state index in [1.54, 1.807) is 0 Å². The molecule has 1 heterocycles. The Morgan fingerprint density at radius 1 is 1.32 bits per heavy atom. The van der Waals surface area contributed by atoms with E-state index in [4.69, 9.17) is 4.74 Å². The Kier molecular flexibility index (Phi) is 4.58. The van der Waals surface area contributed by atoms with Gasteiger partial charge in [0.05, 0.1) is 24.5 Å². The molecule has 108 valence electrons. The lowest BCUT2D eigenvalue weighted by molar-refractivity contribution is -0.141. The van der Waals surface area contributed by atoms with Crippen molar-refractivity contribution in [2.24, 2.45) is 17.8 Å². The Morgan fingerprint density at radius 2 is 1.89 bits per heavy atom. The fourth-order valence-corrected chi connectivity index (χ4v) is 3.31. The van der Waals surface area contributed by atoms with Gasteiger partial charge in [0, 0.05) is 13.7 Å². The lowest BCUT2D eigenvalue weighted by Crippen LogP contribution is -2.35. The Bertz CT molecular complexity index is 333. The molecule has 0 radical (unpaired) electrons. The molecule has 19 heavy (non-hydrogen) atoms.